The summed E-state index contributed by atoms with van der Waals surface area (Å²) in [6.07, 6.45) is 0. The van der Waals surface area contributed by atoms with Gasteiger partial charge in [-0.2, -0.15) is 0 Å². The van der Waals surface area contributed by atoms with Crippen LogP contribution < -0.4 is 4.74 Å². The predicted molar refractivity (Wildman–Crippen MR) is 78.6 cm³/mol. The molecular formula is C14H12Br2O. The Balaban J connectivity index is 2.66. The Morgan fingerprint density at radius 1 is 0.941 bits per heavy atom. The monoisotopic (exact) mass is 354 g/mol. The number of halogens is 2. The molecule has 1 nitrogen and oxygen atoms in total. The van der Waals surface area contributed by atoms with Crippen LogP contribution in [0, 0.1) is 6.92 Å². The molecule has 0 aliphatic heterocycles. The lowest BCUT2D eigenvalue weighted by molar-refractivity contribution is 0.416. The van der Waals surface area contributed by atoms with Crippen molar-refractivity contribution < 1.29 is 4.74 Å². The van der Waals surface area contributed by atoms with Crippen LogP contribution in [-0.2, 0) is 0 Å². The maximum atomic E-state index is 5.41. The number of hydrogen-bond donors (Lipinski definition) is 0. The van der Waals surface area contributed by atoms with Crippen LogP contribution in [0.3, 0.4) is 0 Å². The number of aryl methyl sites for hydroxylation is 1. The van der Waals surface area contributed by atoms with Crippen molar-refractivity contribution in [2.45, 2.75) is 6.92 Å². The van der Waals surface area contributed by atoms with E-state index in [0.29, 0.717) is 0 Å². The molecule has 0 aliphatic rings. The number of ether oxygens (including phenoxy) is 1. The lowest BCUT2D eigenvalue weighted by Gasteiger charge is -2.11. The van der Waals surface area contributed by atoms with Crippen LogP contribution in [0.25, 0.3) is 11.1 Å². The molecule has 0 aromatic heterocycles. The van der Waals surface area contributed by atoms with E-state index >= 15 is 0 Å². The van der Waals surface area contributed by atoms with E-state index in [2.05, 4.69) is 63.0 Å². The van der Waals surface area contributed by atoms with Crippen LogP contribution in [0.15, 0.2) is 45.3 Å². The molecule has 2 aromatic carbocycles. The molecule has 0 aliphatic carbocycles. The highest BCUT2D eigenvalue weighted by Gasteiger charge is 2.09. The zero-order chi connectivity index (χ0) is 12.4. The first kappa shape index (κ1) is 12.7. The molecule has 17 heavy (non-hydrogen) atoms. The molecule has 0 bridgehead atoms. The highest BCUT2D eigenvalue weighted by atomic mass is 79.9. The van der Waals surface area contributed by atoms with Gasteiger partial charge in [-0.15, -0.1) is 0 Å². The third-order valence-corrected chi connectivity index (χ3v) is 3.76. The lowest BCUT2D eigenvalue weighted by Crippen LogP contribution is -1.89. The minimum absolute atomic E-state index is 0.875. The van der Waals surface area contributed by atoms with Gasteiger partial charge in [0.05, 0.1) is 7.11 Å². The van der Waals surface area contributed by atoms with Gasteiger partial charge in [-0.05, 0) is 36.8 Å². The molecule has 0 fully saturated rings. The highest BCUT2D eigenvalue weighted by molar-refractivity contribution is 9.10. The number of rotatable bonds is 2. The van der Waals surface area contributed by atoms with Crippen molar-refractivity contribution in [3.63, 3.8) is 0 Å². The summed E-state index contributed by atoms with van der Waals surface area (Å²) in [6.45, 7) is 2.08. The molecule has 0 spiro atoms. The largest absolute Gasteiger partial charge is 0.496 e. The third-order valence-electron chi connectivity index (χ3n) is 2.57. The summed E-state index contributed by atoms with van der Waals surface area (Å²) in [4.78, 5) is 0. The van der Waals surface area contributed by atoms with Crippen molar-refractivity contribution in [1.82, 2.24) is 0 Å². The normalized spacial score (nSPS) is 10.4. The van der Waals surface area contributed by atoms with Crippen molar-refractivity contribution in [3.05, 3.63) is 50.9 Å². The van der Waals surface area contributed by atoms with Crippen molar-refractivity contribution in [2.75, 3.05) is 7.11 Å². The Morgan fingerprint density at radius 2 is 1.71 bits per heavy atom. The van der Waals surface area contributed by atoms with Crippen LogP contribution in [0.2, 0.25) is 0 Å². The SMILES string of the molecule is COc1ccc(Br)cc1-c1cc(C)ccc1Br. The molecule has 0 atom stereocenters. The summed E-state index contributed by atoms with van der Waals surface area (Å²) >= 11 is 7.08. The zero-order valence-electron chi connectivity index (χ0n) is 9.63. The van der Waals surface area contributed by atoms with Crippen LogP contribution in [-0.4, -0.2) is 7.11 Å². The van der Waals surface area contributed by atoms with Gasteiger partial charge in [0.2, 0.25) is 0 Å². The zero-order valence-corrected chi connectivity index (χ0v) is 12.8. The van der Waals surface area contributed by atoms with E-state index in [4.69, 9.17) is 4.74 Å². The van der Waals surface area contributed by atoms with E-state index in [0.717, 1.165) is 25.8 Å². The number of benzene rings is 2. The van der Waals surface area contributed by atoms with Gasteiger partial charge in [0.25, 0.3) is 0 Å². The maximum Gasteiger partial charge on any atom is 0.126 e. The maximum absolute atomic E-state index is 5.41. The van der Waals surface area contributed by atoms with Gasteiger partial charge in [-0.25, -0.2) is 0 Å². The molecule has 0 N–H and O–H groups in total. The molecule has 3 heteroatoms. The van der Waals surface area contributed by atoms with E-state index in [9.17, 15) is 0 Å². The highest BCUT2D eigenvalue weighted by Crippen LogP contribution is 2.37. The fourth-order valence-electron chi connectivity index (χ4n) is 1.74. The molecule has 0 heterocycles. The Kier molecular flexibility index (Phi) is 3.89. The first-order chi connectivity index (χ1) is 8.11. The molecule has 0 saturated heterocycles. The quantitative estimate of drug-likeness (QED) is 0.719. The van der Waals surface area contributed by atoms with Gasteiger partial charge >= 0.3 is 0 Å². The first-order valence-corrected chi connectivity index (χ1v) is 6.80. The standard InChI is InChI=1S/C14H12Br2O/c1-9-3-5-13(16)11(7-9)12-8-10(15)4-6-14(12)17-2/h3-8H,1-2H3. The molecule has 2 rings (SSSR count). The Labute approximate surface area is 118 Å². The minimum atomic E-state index is 0.875. The molecular weight excluding hydrogens is 344 g/mol. The number of hydrogen-bond acceptors (Lipinski definition) is 1. The van der Waals surface area contributed by atoms with Crippen molar-refractivity contribution in [1.29, 1.82) is 0 Å². The minimum Gasteiger partial charge on any atom is -0.496 e. The summed E-state index contributed by atoms with van der Waals surface area (Å²) in [7, 11) is 1.69. The molecule has 0 amide bonds. The van der Waals surface area contributed by atoms with Gasteiger partial charge in [0.1, 0.15) is 5.75 Å². The van der Waals surface area contributed by atoms with Gasteiger partial charge in [-0.1, -0.05) is 49.6 Å². The summed E-state index contributed by atoms with van der Waals surface area (Å²) in [5.74, 6) is 0.875. The average Bonchev–Trinajstić information content (AvgIpc) is 2.32. The smallest absolute Gasteiger partial charge is 0.126 e. The summed E-state index contributed by atoms with van der Waals surface area (Å²) < 4.78 is 7.52. The van der Waals surface area contributed by atoms with Gasteiger partial charge < -0.3 is 4.74 Å². The van der Waals surface area contributed by atoms with Crippen LogP contribution in [0.5, 0.6) is 5.75 Å². The van der Waals surface area contributed by atoms with Crippen molar-refractivity contribution in [3.8, 4) is 16.9 Å². The van der Waals surface area contributed by atoms with Crippen LogP contribution >= 0.6 is 31.9 Å². The number of methoxy groups -OCH3 is 1. The molecule has 0 saturated carbocycles. The molecule has 2 aromatic rings. The van der Waals surface area contributed by atoms with E-state index < -0.39 is 0 Å². The second-order valence-corrected chi connectivity index (χ2v) is 5.60. The van der Waals surface area contributed by atoms with Gasteiger partial charge in [-0.3, -0.25) is 0 Å². The summed E-state index contributed by atoms with van der Waals surface area (Å²) in [5.41, 5.74) is 3.45. The van der Waals surface area contributed by atoms with Gasteiger partial charge in [0, 0.05) is 14.5 Å². The second-order valence-electron chi connectivity index (χ2n) is 3.83. The first-order valence-electron chi connectivity index (χ1n) is 5.22. The molecule has 0 radical (unpaired) electrons. The fourth-order valence-corrected chi connectivity index (χ4v) is 2.56. The van der Waals surface area contributed by atoms with Crippen LogP contribution in [0.1, 0.15) is 5.56 Å². The third kappa shape index (κ3) is 2.72. The van der Waals surface area contributed by atoms with E-state index in [1.165, 1.54) is 5.56 Å². The molecule has 88 valence electrons. The molecule has 0 unspecified atom stereocenters. The predicted octanol–water partition coefficient (Wildman–Crippen LogP) is 5.20. The Hall–Kier alpha value is -0.800. The Bertz CT molecular complexity index is 550. The van der Waals surface area contributed by atoms with E-state index in [1.54, 1.807) is 7.11 Å². The van der Waals surface area contributed by atoms with E-state index in [-0.39, 0.29) is 0 Å². The lowest BCUT2D eigenvalue weighted by atomic mass is 10.0. The fraction of sp³-hybridized carbons (Fsp3) is 0.143. The van der Waals surface area contributed by atoms with Crippen molar-refractivity contribution >= 4 is 31.9 Å². The van der Waals surface area contributed by atoms with Crippen LogP contribution in [0.4, 0.5) is 0 Å². The topological polar surface area (TPSA) is 9.23 Å². The van der Waals surface area contributed by atoms with E-state index in [1.807, 2.05) is 12.1 Å². The average molecular weight is 356 g/mol. The van der Waals surface area contributed by atoms with Gasteiger partial charge in [0.15, 0.2) is 0 Å². The Morgan fingerprint density at radius 3 is 2.41 bits per heavy atom. The summed E-state index contributed by atoms with van der Waals surface area (Å²) in [5, 5.41) is 0. The second kappa shape index (κ2) is 5.23. The summed E-state index contributed by atoms with van der Waals surface area (Å²) in [6, 6.07) is 12.3. The van der Waals surface area contributed by atoms with Crippen molar-refractivity contribution in [2.24, 2.45) is 0 Å².